The van der Waals surface area contributed by atoms with E-state index >= 15 is 0 Å². The van der Waals surface area contributed by atoms with Crippen LogP contribution in [0.1, 0.15) is 26.7 Å². The molecule has 9 heteroatoms. The second-order valence-corrected chi connectivity index (χ2v) is 9.10. The summed E-state index contributed by atoms with van der Waals surface area (Å²) < 4.78 is 28.1. The first-order valence-corrected chi connectivity index (χ1v) is 11.3. The van der Waals surface area contributed by atoms with E-state index in [1.54, 1.807) is 18.2 Å². The van der Waals surface area contributed by atoms with Gasteiger partial charge in [0.25, 0.3) is 0 Å². The van der Waals surface area contributed by atoms with Crippen LogP contribution in [-0.4, -0.2) is 52.1 Å². The Bertz CT molecular complexity index is 696. The number of halogens is 2. The predicted octanol–water partition coefficient (Wildman–Crippen LogP) is 3.14. The average Bonchev–Trinajstić information content (AvgIpc) is 2.54. The lowest BCUT2D eigenvalue weighted by atomic mass is 10.3. The molecule has 0 aromatic heterocycles. The van der Waals surface area contributed by atoms with Gasteiger partial charge in [0.15, 0.2) is 5.96 Å². The molecule has 148 valence electrons. The molecule has 0 fully saturated rings. The van der Waals surface area contributed by atoms with Crippen molar-refractivity contribution < 1.29 is 13.2 Å². The lowest BCUT2D eigenvalue weighted by Gasteiger charge is -2.17. The molecule has 1 atom stereocenters. The summed E-state index contributed by atoms with van der Waals surface area (Å²) in [5.74, 6) is 1.41. The van der Waals surface area contributed by atoms with Crippen LogP contribution in [0.5, 0.6) is 5.75 Å². The van der Waals surface area contributed by atoms with Gasteiger partial charge < -0.3 is 15.4 Å². The zero-order valence-electron chi connectivity index (χ0n) is 15.4. The van der Waals surface area contributed by atoms with Crippen LogP contribution in [0, 0.1) is 0 Å². The van der Waals surface area contributed by atoms with E-state index in [0.717, 1.165) is 6.54 Å². The Morgan fingerprint density at radius 2 is 2.08 bits per heavy atom. The van der Waals surface area contributed by atoms with Gasteiger partial charge in [0.2, 0.25) is 0 Å². The molecule has 0 saturated carbocycles. The summed E-state index contributed by atoms with van der Waals surface area (Å²) in [6, 6.07) is 5.11. The Morgan fingerprint density at radius 3 is 2.69 bits per heavy atom. The molecule has 26 heavy (non-hydrogen) atoms. The number of sulfone groups is 1. The number of nitrogens with one attached hydrogen (secondary N) is 2. The van der Waals surface area contributed by atoms with Crippen LogP contribution >= 0.6 is 23.2 Å². The summed E-state index contributed by atoms with van der Waals surface area (Å²) >= 11 is 11.9. The summed E-state index contributed by atoms with van der Waals surface area (Å²) in [5.41, 5.74) is 0. The maximum absolute atomic E-state index is 11.2. The third-order valence-corrected chi connectivity index (χ3v) is 4.88. The van der Waals surface area contributed by atoms with Gasteiger partial charge in [0.05, 0.1) is 17.4 Å². The predicted molar refractivity (Wildman–Crippen MR) is 109 cm³/mol. The van der Waals surface area contributed by atoms with Crippen molar-refractivity contribution in [2.24, 2.45) is 4.99 Å². The van der Waals surface area contributed by atoms with E-state index in [-0.39, 0.29) is 11.8 Å². The van der Waals surface area contributed by atoms with Gasteiger partial charge >= 0.3 is 0 Å². The molecule has 1 unspecified atom stereocenters. The molecule has 0 aliphatic carbocycles. The highest BCUT2D eigenvalue weighted by molar-refractivity contribution is 7.90. The molecule has 0 aliphatic rings. The third kappa shape index (κ3) is 10.1. The first-order valence-electron chi connectivity index (χ1n) is 8.51. The van der Waals surface area contributed by atoms with E-state index in [0.29, 0.717) is 47.7 Å². The quantitative estimate of drug-likeness (QED) is 0.343. The van der Waals surface area contributed by atoms with Crippen LogP contribution in [-0.2, 0) is 9.84 Å². The molecule has 0 amide bonds. The van der Waals surface area contributed by atoms with Crippen LogP contribution in [0.2, 0.25) is 10.0 Å². The second-order valence-electron chi connectivity index (χ2n) is 6.00. The molecule has 0 aliphatic heterocycles. The van der Waals surface area contributed by atoms with Gasteiger partial charge in [-0.15, -0.1) is 0 Å². The summed E-state index contributed by atoms with van der Waals surface area (Å²) in [7, 11) is -2.96. The molecular weight excluding hydrogens is 397 g/mol. The maximum atomic E-state index is 11.2. The number of guanidine groups is 1. The lowest BCUT2D eigenvalue weighted by molar-refractivity contribution is 0.313. The number of nitrogens with zero attached hydrogens (tertiary/aromatic N) is 1. The Hall–Kier alpha value is -1.18. The van der Waals surface area contributed by atoms with Gasteiger partial charge in [-0.25, -0.2) is 8.42 Å². The number of ether oxygens (including phenoxy) is 1. The Labute approximate surface area is 166 Å². The smallest absolute Gasteiger partial charge is 0.191 e. The average molecular weight is 424 g/mol. The summed E-state index contributed by atoms with van der Waals surface area (Å²) in [5, 5.41) is 7.41. The van der Waals surface area contributed by atoms with Crippen molar-refractivity contribution in [3.05, 3.63) is 28.2 Å². The van der Waals surface area contributed by atoms with Crippen molar-refractivity contribution in [1.82, 2.24) is 10.6 Å². The molecule has 1 aromatic carbocycles. The highest BCUT2D eigenvalue weighted by Gasteiger charge is 2.09. The first kappa shape index (κ1) is 22.9. The number of hydrogen-bond acceptors (Lipinski definition) is 4. The van der Waals surface area contributed by atoms with E-state index in [2.05, 4.69) is 15.6 Å². The van der Waals surface area contributed by atoms with Gasteiger partial charge in [0.1, 0.15) is 15.6 Å². The van der Waals surface area contributed by atoms with Gasteiger partial charge in [-0.1, -0.05) is 23.2 Å². The lowest BCUT2D eigenvalue weighted by Crippen LogP contribution is -2.43. The topological polar surface area (TPSA) is 79.8 Å². The van der Waals surface area contributed by atoms with Crippen molar-refractivity contribution in [3.8, 4) is 5.75 Å². The van der Waals surface area contributed by atoms with Crippen LogP contribution in [0.3, 0.4) is 0 Å². The van der Waals surface area contributed by atoms with Crippen LogP contribution < -0.4 is 15.4 Å². The zero-order chi connectivity index (χ0) is 19.6. The molecular formula is C17H27Cl2N3O3S. The highest BCUT2D eigenvalue weighted by atomic mass is 35.5. The molecule has 0 spiro atoms. The van der Waals surface area contributed by atoms with Crippen LogP contribution in [0.15, 0.2) is 23.2 Å². The monoisotopic (exact) mass is 423 g/mol. The van der Waals surface area contributed by atoms with E-state index in [1.165, 1.54) is 6.26 Å². The number of aliphatic imine (C=N–C) groups is 1. The van der Waals surface area contributed by atoms with Crippen molar-refractivity contribution in [1.29, 1.82) is 0 Å². The molecule has 0 radical (unpaired) electrons. The van der Waals surface area contributed by atoms with E-state index in [9.17, 15) is 8.42 Å². The van der Waals surface area contributed by atoms with Crippen LogP contribution in [0.4, 0.5) is 0 Å². The highest BCUT2D eigenvalue weighted by Crippen LogP contribution is 2.27. The molecule has 1 rings (SSSR count). The van der Waals surface area contributed by atoms with E-state index in [1.807, 2.05) is 13.8 Å². The fourth-order valence-corrected chi connectivity index (χ4v) is 3.29. The first-order chi connectivity index (χ1) is 12.2. The molecule has 0 bridgehead atoms. The van der Waals surface area contributed by atoms with E-state index < -0.39 is 9.84 Å². The van der Waals surface area contributed by atoms with Crippen molar-refractivity contribution in [3.63, 3.8) is 0 Å². The number of hydrogen-bond donors (Lipinski definition) is 2. The van der Waals surface area contributed by atoms with Gasteiger partial charge in [-0.05, 0) is 38.5 Å². The Morgan fingerprint density at radius 1 is 1.35 bits per heavy atom. The molecule has 0 heterocycles. The maximum Gasteiger partial charge on any atom is 0.191 e. The van der Waals surface area contributed by atoms with Gasteiger partial charge in [0, 0.05) is 36.8 Å². The minimum Gasteiger partial charge on any atom is -0.492 e. The van der Waals surface area contributed by atoms with Gasteiger partial charge in [-0.2, -0.15) is 0 Å². The van der Waals surface area contributed by atoms with Crippen molar-refractivity contribution in [2.45, 2.75) is 32.7 Å². The largest absolute Gasteiger partial charge is 0.492 e. The van der Waals surface area contributed by atoms with Crippen LogP contribution in [0.25, 0.3) is 0 Å². The third-order valence-electron chi connectivity index (χ3n) is 3.37. The molecule has 0 saturated heterocycles. The summed E-state index contributed by atoms with van der Waals surface area (Å²) in [6.45, 7) is 5.68. The molecule has 2 N–H and O–H groups in total. The Balaban J connectivity index is 2.41. The number of rotatable bonds is 10. The summed E-state index contributed by atoms with van der Waals surface area (Å²) in [4.78, 5) is 4.48. The van der Waals surface area contributed by atoms with E-state index in [4.69, 9.17) is 27.9 Å². The normalized spacial score (nSPS) is 13.3. The zero-order valence-corrected chi connectivity index (χ0v) is 17.7. The standard InChI is InChI=1S/C17H27Cl2N3O3S/c1-4-20-17(22-13(2)8-11-26(3,23)24)21-9-5-10-25-16-7-6-14(18)12-15(16)19/h6-7,12-13H,4-5,8-11H2,1-3H3,(H2,20,21,22). The SMILES string of the molecule is CCNC(=NCCCOc1ccc(Cl)cc1Cl)NC(C)CCS(C)(=O)=O. The van der Waals surface area contributed by atoms with Crippen molar-refractivity contribution >= 4 is 39.0 Å². The second kappa shape index (κ2) is 11.5. The van der Waals surface area contributed by atoms with Gasteiger partial charge in [-0.3, -0.25) is 4.99 Å². The number of benzene rings is 1. The molecule has 6 nitrogen and oxygen atoms in total. The minimum absolute atomic E-state index is 0.00616. The fraction of sp³-hybridized carbons (Fsp3) is 0.588. The Kier molecular flexibility index (Phi) is 10.1. The fourth-order valence-electron chi connectivity index (χ4n) is 2.05. The van der Waals surface area contributed by atoms with Crippen molar-refractivity contribution in [2.75, 3.05) is 31.7 Å². The molecule has 1 aromatic rings. The minimum atomic E-state index is -2.96. The summed E-state index contributed by atoms with van der Waals surface area (Å²) in [6.07, 6.45) is 2.49.